The zero-order chi connectivity index (χ0) is 25.4. The molecule has 198 valence electrons. The van der Waals surface area contributed by atoms with Gasteiger partial charge in [0.1, 0.15) is 24.6 Å². The van der Waals surface area contributed by atoms with E-state index in [-0.39, 0.29) is 0 Å². The second kappa shape index (κ2) is 12.5. The monoisotopic (exact) mass is 500 g/mol. The zero-order valence-corrected chi connectivity index (χ0v) is 21.8. The van der Waals surface area contributed by atoms with Crippen molar-refractivity contribution < 1.29 is 19.3 Å². The molecule has 0 aliphatic carbocycles. The maximum absolute atomic E-state index is 11.2. The van der Waals surface area contributed by atoms with E-state index in [1.807, 2.05) is 50.2 Å². The SMILES string of the molecule is CCOc1cc(CNCC2(O)CCN(c3cc(N(C)C)ncn3)C2)ccc1OCCN1CCOCC1. The normalized spacial score (nSPS) is 20.5. The Bertz CT molecular complexity index is 971. The maximum Gasteiger partial charge on any atom is 0.161 e. The van der Waals surface area contributed by atoms with Gasteiger partial charge in [-0.05, 0) is 31.0 Å². The fourth-order valence-corrected chi connectivity index (χ4v) is 4.55. The number of hydrogen-bond donors (Lipinski definition) is 2. The first-order valence-corrected chi connectivity index (χ1v) is 12.8. The molecule has 2 aromatic rings. The molecule has 0 radical (unpaired) electrons. The molecule has 1 aromatic heterocycles. The minimum absolute atomic E-state index is 0.497. The van der Waals surface area contributed by atoms with Crippen molar-refractivity contribution in [2.45, 2.75) is 25.5 Å². The van der Waals surface area contributed by atoms with Crippen molar-refractivity contribution in [2.75, 3.05) is 89.6 Å². The average molecular weight is 501 g/mol. The molecule has 2 saturated heterocycles. The lowest BCUT2D eigenvalue weighted by molar-refractivity contribution is 0.0320. The number of β-amino-alcohol motifs (C(OH)–C–C–N with tert-alkyl or cyclic N) is 1. The summed E-state index contributed by atoms with van der Waals surface area (Å²) >= 11 is 0. The number of nitrogens with one attached hydrogen (secondary N) is 1. The highest BCUT2D eigenvalue weighted by atomic mass is 16.5. The van der Waals surface area contributed by atoms with E-state index >= 15 is 0 Å². The van der Waals surface area contributed by atoms with Gasteiger partial charge in [0.2, 0.25) is 0 Å². The Morgan fingerprint density at radius 2 is 1.94 bits per heavy atom. The van der Waals surface area contributed by atoms with Crippen molar-refractivity contribution in [1.82, 2.24) is 20.2 Å². The van der Waals surface area contributed by atoms with Gasteiger partial charge in [0.25, 0.3) is 0 Å². The van der Waals surface area contributed by atoms with E-state index in [0.29, 0.717) is 39.3 Å². The first-order valence-electron chi connectivity index (χ1n) is 12.8. The first-order chi connectivity index (χ1) is 17.5. The highest BCUT2D eigenvalue weighted by Crippen LogP contribution is 2.29. The first kappa shape index (κ1) is 26.4. The number of hydrogen-bond acceptors (Lipinski definition) is 10. The summed E-state index contributed by atoms with van der Waals surface area (Å²) in [4.78, 5) is 15.1. The molecule has 1 aromatic carbocycles. The molecule has 2 aliphatic heterocycles. The molecule has 2 aliphatic rings. The van der Waals surface area contributed by atoms with Crippen LogP contribution in [0.2, 0.25) is 0 Å². The molecule has 0 bridgehead atoms. The van der Waals surface area contributed by atoms with Crippen molar-refractivity contribution in [3.05, 3.63) is 36.2 Å². The fraction of sp³-hybridized carbons (Fsp3) is 0.615. The number of nitrogens with zero attached hydrogens (tertiary/aromatic N) is 5. The summed E-state index contributed by atoms with van der Waals surface area (Å²) in [5, 5.41) is 14.6. The van der Waals surface area contributed by atoms with E-state index in [1.165, 1.54) is 0 Å². The number of aliphatic hydroxyl groups is 1. The smallest absolute Gasteiger partial charge is 0.161 e. The van der Waals surface area contributed by atoms with Gasteiger partial charge in [0, 0.05) is 66.0 Å². The van der Waals surface area contributed by atoms with E-state index in [2.05, 4.69) is 25.1 Å². The van der Waals surface area contributed by atoms with Gasteiger partial charge in [-0.2, -0.15) is 0 Å². The quantitative estimate of drug-likeness (QED) is 0.445. The van der Waals surface area contributed by atoms with E-state index in [4.69, 9.17) is 14.2 Å². The molecule has 2 N–H and O–H groups in total. The third-order valence-electron chi connectivity index (χ3n) is 6.61. The molecule has 3 heterocycles. The molecule has 10 nitrogen and oxygen atoms in total. The van der Waals surface area contributed by atoms with Crippen LogP contribution >= 0.6 is 0 Å². The fourth-order valence-electron chi connectivity index (χ4n) is 4.55. The summed E-state index contributed by atoms with van der Waals surface area (Å²) < 4.78 is 17.3. The Kier molecular flexibility index (Phi) is 9.19. The third kappa shape index (κ3) is 7.19. The van der Waals surface area contributed by atoms with Crippen LogP contribution in [0, 0.1) is 0 Å². The molecule has 10 heteroatoms. The van der Waals surface area contributed by atoms with Gasteiger partial charge in [0.05, 0.1) is 25.4 Å². The molecule has 0 spiro atoms. The van der Waals surface area contributed by atoms with Crippen LogP contribution in [0.4, 0.5) is 11.6 Å². The molecule has 1 unspecified atom stereocenters. The van der Waals surface area contributed by atoms with Crippen molar-refractivity contribution in [3.8, 4) is 11.5 Å². The van der Waals surface area contributed by atoms with Gasteiger partial charge in [0.15, 0.2) is 11.5 Å². The van der Waals surface area contributed by atoms with Crippen LogP contribution < -0.4 is 24.6 Å². The van der Waals surface area contributed by atoms with Crippen molar-refractivity contribution in [1.29, 1.82) is 0 Å². The van der Waals surface area contributed by atoms with Crippen LogP contribution in [0.3, 0.4) is 0 Å². The third-order valence-corrected chi connectivity index (χ3v) is 6.61. The van der Waals surface area contributed by atoms with Crippen LogP contribution in [0.5, 0.6) is 11.5 Å². The Balaban J connectivity index is 1.27. The van der Waals surface area contributed by atoms with E-state index < -0.39 is 5.60 Å². The number of rotatable bonds is 12. The van der Waals surface area contributed by atoms with Crippen LogP contribution in [0.25, 0.3) is 0 Å². The standard InChI is InChI=1S/C26H40N6O4/c1-4-35-23-15-21(5-6-22(23)36-14-11-31-9-12-34-13-10-31)17-27-18-26(33)7-8-32(19-26)25-16-24(30(2)3)28-20-29-25/h5-6,15-16,20,27,33H,4,7-14,17-19H2,1-3H3. The molecule has 36 heavy (non-hydrogen) atoms. The van der Waals surface area contributed by atoms with Gasteiger partial charge in [-0.1, -0.05) is 6.07 Å². The van der Waals surface area contributed by atoms with Crippen molar-refractivity contribution in [2.24, 2.45) is 0 Å². The topological polar surface area (TPSA) is 95.5 Å². The van der Waals surface area contributed by atoms with Crippen LogP contribution in [-0.4, -0.2) is 105 Å². The summed E-state index contributed by atoms with van der Waals surface area (Å²) in [6, 6.07) is 8.01. The molecule has 4 rings (SSSR count). The number of anilines is 2. The van der Waals surface area contributed by atoms with Crippen molar-refractivity contribution in [3.63, 3.8) is 0 Å². The van der Waals surface area contributed by atoms with Crippen molar-refractivity contribution >= 4 is 11.6 Å². The largest absolute Gasteiger partial charge is 0.490 e. The number of benzene rings is 1. The molecule has 0 amide bonds. The maximum atomic E-state index is 11.2. The average Bonchev–Trinajstić information content (AvgIpc) is 3.28. The summed E-state index contributed by atoms with van der Waals surface area (Å²) in [6.45, 7) is 9.94. The second-order valence-electron chi connectivity index (χ2n) is 9.64. The summed E-state index contributed by atoms with van der Waals surface area (Å²) in [5.41, 5.74) is 0.276. The van der Waals surface area contributed by atoms with Crippen LogP contribution in [0.15, 0.2) is 30.6 Å². The second-order valence-corrected chi connectivity index (χ2v) is 9.64. The lowest BCUT2D eigenvalue weighted by Crippen LogP contribution is -2.43. The van der Waals surface area contributed by atoms with E-state index in [1.54, 1.807) is 6.33 Å². The molecule has 0 saturated carbocycles. The molecular weight excluding hydrogens is 460 g/mol. The summed E-state index contributed by atoms with van der Waals surface area (Å²) in [6.07, 6.45) is 2.26. The number of aromatic nitrogens is 2. The van der Waals surface area contributed by atoms with Crippen LogP contribution in [0.1, 0.15) is 18.9 Å². The van der Waals surface area contributed by atoms with Gasteiger partial charge in [-0.15, -0.1) is 0 Å². The lowest BCUT2D eigenvalue weighted by Gasteiger charge is -2.26. The predicted octanol–water partition coefficient (Wildman–Crippen LogP) is 1.38. The summed E-state index contributed by atoms with van der Waals surface area (Å²) in [5.74, 6) is 3.22. The van der Waals surface area contributed by atoms with Gasteiger partial charge >= 0.3 is 0 Å². The number of morpholine rings is 1. The molecule has 2 fully saturated rings. The Hall–Kier alpha value is -2.66. The Morgan fingerprint density at radius 1 is 1.11 bits per heavy atom. The minimum Gasteiger partial charge on any atom is -0.490 e. The molecular formula is C26H40N6O4. The van der Waals surface area contributed by atoms with E-state index in [9.17, 15) is 5.11 Å². The van der Waals surface area contributed by atoms with Crippen LogP contribution in [-0.2, 0) is 11.3 Å². The minimum atomic E-state index is -0.811. The predicted molar refractivity (Wildman–Crippen MR) is 140 cm³/mol. The van der Waals surface area contributed by atoms with Gasteiger partial charge in [-0.3, -0.25) is 4.90 Å². The Morgan fingerprint density at radius 3 is 2.72 bits per heavy atom. The highest BCUT2D eigenvalue weighted by Gasteiger charge is 2.36. The lowest BCUT2D eigenvalue weighted by atomic mass is 10.0. The van der Waals surface area contributed by atoms with E-state index in [0.717, 1.165) is 68.1 Å². The van der Waals surface area contributed by atoms with Gasteiger partial charge in [-0.25, -0.2) is 9.97 Å². The van der Waals surface area contributed by atoms with Gasteiger partial charge < -0.3 is 34.4 Å². The summed E-state index contributed by atoms with van der Waals surface area (Å²) in [7, 11) is 3.91. The zero-order valence-electron chi connectivity index (χ0n) is 21.8. The Labute approximate surface area is 214 Å². The number of ether oxygens (including phenoxy) is 3. The highest BCUT2D eigenvalue weighted by molar-refractivity contribution is 5.50. The molecule has 1 atom stereocenters.